The minimum Gasteiger partial charge on any atom is -0.375 e. The van der Waals surface area contributed by atoms with Gasteiger partial charge in [-0.3, -0.25) is 9.59 Å². The van der Waals surface area contributed by atoms with Gasteiger partial charge in [-0.2, -0.15) is 0 Å². The van der Waals surface area contributed by atoms with Gasteiger partial charge in [0.1, 0.15) is 0 Å². The van der Waals surface area contributed by atoms with Crippen molar-refractivity contribution in [3.63, 3.8) is 0 Å². The summed E-state index contributed by atoms with van der Waals surface area (Å²) >= 11 is 1.67. The molecule has 7 heteroatoms. The third-order valence-electron chi connectivity index (χ3n) is 4.07. The molecular weight excluding hydrogens is 326 g/mol. The summed E-state index contributed by atoms with van der Waals surface area (Å²) in [5, 5.41) is 0. The van der Waals surface area contributed by atoms with Crippen LogP contribution in [-0.2, 0) is 22.4 Å². The lowest BCUT2D eigenvalue weighted by Crippen LogP contribution is -2.46. The SMILES string of the molecule is Cc1ccc(CC(=O)N2CCO[C@@H](CCc3cc(=O)[nH]cn3)C2)s1. The molecule has 1 N–H and O–H groups in total. The van der Waals surface area contributed by atoms with E-state index in [0.29, 0.717) is 32.5 Å². The summed E-state index contributed by atoms with van der Waals surface area (Å²) in [6, 6.07) is 5.57. The molecule has 1 fully saturated rings. The fraction of sp³-hybridized carbons (Fsp3) is 0.471. The van der Waals surface area contributed by atoms with Crippen molar-refractivity contribution in [1.82, 2.24) is 14.9 Å². The van der Waals surface area contributed by atoms with E-state index in [4.69, 9.17) is 4.74 Å². The lowest BCUT2D eigenvalue weighted by atomic mass is 10.1. The van der Waals surface area contributed by atoms with Crippen molar-refractivity contribution < 1.29 is 9.53 Å². The first-order valence-corrected chi connectivity index (χ1v) is 8.90. The van der Waals surface area contributed by atoms with Crippen LogP contribution in [0.15, 0.2) is 29.3 Å². The standard InChI is InChI=1S/C17H21N3O3S/c1-12-2-5-15(24-12)9-17(22)20-6-7-23-14(10-20)4-3-13-8-16(21)19-11-18-13/h2,5,8,11,14H,3-4,6-7,9-10H2,1H3,(H,18,19,21)/t14-/m0/s1. The Labute approximate surface area is 144 Å². The average Bonchev–Trinajstić information content (AvgIpc) is 2.98. The minimum atomic E-state index is -0.146. The Morgan fingerprint density at radius 2 is 2.38 bits per heavy atom. The Hall–Kier alpha value is -1.99. The molecule has 128 valence electrons. The molecule has 0 aliphatic carbocycles. The Bertz CT molecular complexity index is 755. The predicted octanol–water partition coefficient (Wildman–Crippen LogP) is 1.54. The average molecular weight is 347 g/mol. The van der Waals surface area contributed by atoms with E-state index < -0.39 is 0 Å². The Kier molecular flexibility index (Phi) is 5.42. The maximum Gasteiger partial charge on any atom is 0.250 e. The number of aryl methyl sites for hydroxylation is 2. The van der Waals surface area contributed by atoms with Crippen molar-refractivity contribution in [2.24, 2.45) is 0 Å². The molecule has 0 saturated carbocycles. The molecule has 1 saturated heterocycles. The number of hydrogen-bond acceptors (Lipinski definition) is 5. The van der Waals surface area contributed by atoms with Gasteiger partial charge < -0.3 is 14.6 Å². The minimum absolute atomic E-state index is 0.00569. The van der Waals surface area contributed by atoms with E-state index in [1.54, 1.807) is 11.3 Å². The second-order valence-corrected chi connectivity index (χ2v) is 7.34. The zero-order chi connectivity index (χ0) is 16.9. The van der Waals surface area contributed by atoms with Gasteiger partial charge in [0.15, 0.2) is 0 Å². The molecule has 0 aromatic carbocycles. The van der Waals surface area contributed by atoms with Gasteiger partial charge in [-0.1, -0.05) is 0 Å². The number of amides is 1. The zero-order valence-electron chi connectivity index (χ0n) is 13.7. The molecule has 1 aliphatic heterocycles. The van der Waals surface area contributed by atoms with Gasteiger partial charge in [0.05, 0.1) is 25.5 Å². The molecule has 3 heterocycles. The van der Waals surface area contributed by atoms with E-state index in [2.05, 4.69) is 9.97 Å². The number of morpholine rings is 1. The van der Waals surface area contributed by atoms with Crippen LogP contribution in [0.5, 0.6) is 0 Å². The van der Waals surface area contributed by atoms with Crippen LogP contribution >= 0.6 is 11.3 Å². The summed E-state index contributed by atoms with van der Waals surface area (Å²) in [5.74, 6) is 0.152. The van der Waals surface area contributed by atoms with Crippen LogP contribution in [0, 0.1) is 6.92 Å². The molecule has 0 spiro atoms. The summed E-state index contributed by atoms with van der Waals surface area (Å²) in [4.78, 5) is 34.6. The predicted molar refractivity (Wildman–Crippen MR) is 92.3 cm³/mol. The molecule has 6 nitrogen and oxygen atoms in total. The van der Waals surface area contributed by atoms with Gasteiger partial charge in [0, 0.05) is 34.6 Å². The normalized spacial score (nSPS) is 17.9. The first-order valence-electron chi connectivity index (χ1n) is 8.08. The summed E-state index contributed by atoms with van der Waals surface area (Å²) in [6.45, 7) is 3.85. The van der Waals surface area contributed by atoms with E-state index in [-0.39, 0.29) is 17.6 Å². The highest BCUT2D eigenvalue weighted by Gasteiger charge is 2.24. The largest absolute Gasteiger partial charge is 0.375 e. The van der Waals surface area contributed by atoms with Crippen LogP contribution in [-0.4, -0.2) is 46.6 Å². The van der Waals surface area contributed by atoms with Gasteiger partial charge >= 0.3 is 0 Å². The van der Waals surface area contributed by atoms with Gasteiger partial charge in [0.2, 0.25) is 5.91 Å². The second-order valence-electron chi connectivity index (χ2n) is 5.96. The third kappa shape index (κ3) is 4.52. The maximum atomic E-state index is 12.5. The highest BCUT2D eigenvalue weighted by atomic mass is 32.1. The number of thiophene rings is 1. The van der Waals surface area contributed by atoms with E-state index in [0.717, 1.165) is 17.0 Å². The molecule has 0 bridgehead atoms. The van der Waals surface area contributed by atoms with Gasteiger partial charge in [-0.25, -0.2) is 4.98 Å². The number of rotatable bonds is 5. The Morgan fingerprint density at radius 1 is 1.50 bits per heavy atom. The monoisotopic (exact) mass is 347 g/mol. The van der Waals surface area contributed by atoms with Crippen LogP contribution in [0.4, 0.5) is 0 Å². The Balaban J connectivity index is 1.52. The molecule has 1 aliphatic rings. The highest BCUT2D eigenvalue weighted by Crippen LogP contribution is 2.18. The molecule has 0 unspecified atom stereocenters. The summed E-state index contributed by atoms with van der Waals surface area (Å²) in [5.41, 5.74) is 0.604. The van der Waals surface area contributed by atoms with Crippen LogP contribution < -0.4 is 5.56 Å². The van der Waals surface area contributed by atoms with Crippen molar-refractivity contribution in [1.29, 1.82) is 0 Å². The lowest BCUT2D eigenvalue weighted by molar-refractivity contribution is -0.138. The van der Waals surface area contributed by atoms with E-state index in [1.807, 2.05) is 24.0 Å². The van der Waals surface area contributed by atoms with E-state index in [1.165, 1.54) is 17.3 Å². The topological polar surface area (TPSA) is 75.3 Å². The van der Waals surface area contributed by atoms with Gasteiger partial charge in [-0.15, -0.1) is 11.3 Å². The molecule has 2 aromatic rings. The summed E-state index contributed by atoms with van der Waals surface area (Å²) < 4.78 is 5.76. The van der Waals surface area contributed by atoms with E-state index in [9.17, 15) is 9.59 Å². The number of H-pyrrole nitrogens is 1. The number of ether oxygens (including phenoxy) is 1. The molecule has 24 heavy (non-hydrogen) atoms. The molecular formula is C17H21N3O3S. The lowest BCUT2D eigenvalue weighted by Gasteiger charge is -2.33. The van der Waals surface area contributed by atoms with Crippen molar-refractivity contribution >= 4 is 17.2 Å². The summed E-state index contributed by atoms with van der Waals surface area (Å²) in [6.07, 6.45) is 3.28. The van der Waals surface area contributed by atoms with Crippen molar-refractivity contribution in [3.8, 4) is 0 Å². The number of carbonyl (C=O) groups excluding carboxylic acids is 1. The fourth-order valence-corrected chi connectivity index (χ4v) is 3.70. The maximum absolute atomic E-state index is 12.5. The number of aromatic nitrogens is 2. The quantitative estimate of drug-likeness (QED) is 0.890. The van der Waals surface area contributed by atoms with E-state index >= 15 is 0 Å². The molecule has 0 radical (unpaired) electrons. The van der Waals surface area contributed by atoms with Crippen molar-refractivity contribution in [3.05, 3.63) is 50.3 Å². The van der Waals surface area contributed by atoms with Crippen LogP contribution in [0.25, 0.3) is 0 Å². The number of nitrogens with one attached hydrogen (secondary N) is 1. The van der Waals surface area contributed by atoms with Crippen LogP contribution in [0.1, 0.15) is 21.9 Å². The highest BCUT2D eigenvalue weighted by molar-refractivity contribution is 7.12. The fourth-order valence-electron chi connectivity index (χ4n) is 2.82. The van der Waals surface area contributed by atoms with Gasteiger partial charge in [0.25, 0.3) is 5.56 Å². The van der Waals surface area contributed by atoms with Crippen molar-refractivity contribution in [2.75, 3.05) is 19.7 Å². The number of carbonyl (C=O) groups is 1. The van der Waals surface area contributed by atoms with Gasteiger partial charge in [-0.05, 0) is 31.9 Å². The zero-order valence-corrected chi connectivity index (χ0v) is 14.5. The summed E-state index contributed by atoms with van der Waals surface area (Å²) in [7, 11) is 0. The van der Waals surface area contributed by atoms with Crippen LogP contribution in [0.2, 0.25) is 0 Å². The number of aromatic amines is 1. The molecule has 1 atom stereocenters. The van der Waals surface area contributed by atoms with Crippen molar-refractivity contribution in [2.45, 2.75) is 32.3 Å². The molecule has 1 amide bonds. The number of hydrogen-bond donors (Lipinski definition) is 1. The second kappa shape index (κ2) is 7.72. The third-order valence-corrected chi connectivity index (χ3v) is 5.07. The first kappa shape index (κ1) is 16.9. The molecule has 3 rings (SSSR count). The van der Waals surface area contributed by atoms with Crippen LogP contribution in [0.3, 0.4) is 0 Å². The molecule has 2 aromatic heterocycles. The first-order chi connectivity index (χ1) is 11.6. The smallest absolute Gasteiger partial charge is 0.250 e. The number of nitrogens with zero attached hydrogens (tertiary/aromatic N) is 2. The Morgan fingerprint density at radius 3 is 3.12 bits per heavy atom.